The average Bonchev–Trinajstić information content (AvgIpc) is 3.16. The Hall–Kier alpha value is -0.701. The van der Waals surface area contributed by atoms with Gasteiger partial charge in [0.25, 0.3) is 0 Å². The van der Waals surface area contributed by atoms with Crippen LogP contribution in [0.15, 0.2) is 24.3 Å². The van der Waals surface area contributed by atoms with Gasteiger partial charge in [0.15, 0.2) is 0 Å². The van der Waals surface area contributed by atoms with Crippen molar-refractivity contribution in [3.63, 3.8) is 0 Å². The van der Waals surface area contributed by atoms with Gasteiger partial charge in [0, 0.05) is 5.02 Å². The largest absolute Gasteiger partial charge is 2.00 e. The minimum Gasteiger partial charge on any atom is -0.664 e. The quantitative estimate of drug-likeness (QED) is 0.673. The molecule has 0 heterocycles. The van der Waals surface area contributed by atoms with Crippen molar-refractivity contribution in [2.45, 2.75) is 0 Å². The molecular weight excluding hydrogens is 339 g/mol. The van der Waals surface area contributed by atoms with Gasteiger partial charge in [-0.15, -0.1) is 11.7 Å². The Bertz CT molecular complexity index is 421. The molecule has 0 atom stereocenters. The Labute approximate surface area is 149 Å². The van der Waals surface area contributed by atoms with Gasteiger partial charge in [-0.25, -0.2) is 0 Å². The van der Waals surface area contributed by atoms with E-state index < -0.39 is 6.03 Å². The van der Waals surface area contributed by atoms with Gasteiger partial charge in [0.05, 0.1) is 0 Å². The predicted molar refractivity (Wildman–Crippen MR) is 85.2 cm³/mol. The van der Waals surface area contributed by atoms with Crippen LogP contribution in [0.3, 0.4) is 0 Å². The number of hydrogen-bond donors (Lipinski definition) is 0. The van der Waals surface area contributed by atoms with E-state index in [1.54, 1.807) is 37.1 Å². The number of benzene rings is 1. The van der Waals surface area contributed by atoms with Crippen LogP contribution in [0, 0.1) is 63.8 Å². The summed E-state index contributed by atoms with van der Waals surface area (Å²) >= 11 is 5.71. The van der Waals surface area contributed by atoms with Gasteiger partial charge in [-0.2, -0.15) is 0 Å². The first-order valence-electron chi connectivity index (χ1n) is 6.35. The minimum absolute atomic E-state index is 0. The van der Waals surface area contributed by atoms with Gasteiger partial charge in [-0.1, -0.05) is 23.7 Å². The van der Waals surface area contributed by atoms with Crippen LogP contribution in [0.5, 0.6) is 0 Å². The fraction of sp³-hybridized carbons (Fsp3) is 0. The van der Waals surface area contributed by atoms with Crippen LogP contribution >= 0.6 is 11.6 Å². The van der Waals surface area contributed by atoms with Crippen LogP contribution < -0.4 is 0 Å². The molecule has 3 nitrogen and oxygen atoms in total. The van der Waals surface area contributed by atoms with Crippen LogP contribution in [0.25, 0.3) is 10.6 Å². The maximum absolute atomic E-state index is 11.4. The van der Waals surface area contributed by atoms with Gasteiger partial charge in [0.2, 0.25) is 0 Å². The van der Waals surface area contributed by atoms with Gasteiger partial charge in [-0.3, -0.25) is 0 Å². The van der Waals surface area contributed by atoms with Crippen LogP contribution in [0.2, 0.25) is 5.02 Å². The molecule has 0 unspecified atom stereocenters. The number of rotatable bonds is 2. The van der Waals surface area contributed by atoms with Crippen molar-refractivity contribution >= 4 is 23.3 Å². The van der Waals surface area contributed by atoms with Crippen LogP contribution in [0.1, 0.15) is 0 Å². The second-order valence-electron chi connectivity index (χ2n) is 4.09. The van der Waals surface area contributed by atoms with E-state index in [9.17, 15) is 4.79 Å². The van der Waals surface area contributed by atoms with E-state index in [1.807, 2.05) is 44.9 Å². The van der Waals surface area contributed by atoms with Gasteiger partial charge >= 0.3 is 17.1 Å². The van der Waals surface area contributed by atoms with E-state index in [1.165, 1.54) is 0 Å². The summed E-state index contributed by atoms with van der Waals surface area (Å²) in [5.41, 5.74) is 0.546. The summed E-state index contributed by atoms with van der Waals surface area (Å²) in [6, 6.07) is 6.78. The molecule has 10 radical (unpaired) electrons. The second kappa shape index (κ2) is 10.9. The van der Waals surface area contributed by atoms with E-state index >= 15 is 0 Å². The van der Waals surface area contributed by atoms with Gasteiger partial charge in [0.1, 0.15) is 0 Å². The number of carbonyl (C=O) groups excluding carboxylic acids is 1. The molecule has 0 spiro atoms. The first-order valence-corrected chi connectivity index (χ1v) is 6.73. The molecule has 2 aliphatic carbocycles. The van der Waals surface area contributed by atoms with Crippen molar-refractivity contribution < 1.29 is 21.9 Å². The second-order valence-corrected chi connectivity index (χ2v) is 4.52. The molecule has 0 aromatic heterocycles. The number of urea groups is 1. The van der Waals surface area contributed by atoms with Gasteiger partial charge < -0.3 is 15.4 Å². The van der Waals surface area contributed by atoms with E-state index in [4.69, 9.17) is 11.6 Å². The molecule has 0 N–H and O–H groups in total. The zero-order chi connectivity index (χ0) is 14.9. The SMILES string of the molecule is O=C([N-][C]1[CH][CH][CH][CH]1)[N-]c1ccc(Cl)cc1.[CH]1[CH][CH][CH][CH]1.[Fe+2]. The fourth-order valence-electron chi connectivity index (χ4n) is 1.52. The number of carbonyl (C=O) groups is 1. The number of hydrogen-bond acceptors (Lipinski definition) is 1. The Balaban J connectivity index is 0.000000344. The van der Waals surface area contributed by atoms with E-state index in [0.717, 1.165) is 0 Å². The number of amides is 2. The summed E-state index contributed by atoms with van der Waals surface area (Å²) in [5.74, 6) is 0. The molecule has 1 aromatic rings. The first kappa shape index (κ1) is 19.3. The van der Waals surface area contributed by atoms with Crippen molar-refractivity contribution in [1.29, 1.82) is 0 Å². The van der Waals surface area contributed by atoms with Crippen molar-refractivity contribution in [1.82, 2.24) is 0 Å². The summed E-state index contributed by atoms with van der Waals surface area (Å²) in [7, 11) is 0. The molecule has 2 aliphatic rings. The standard InChI is InChI=1S/C12H9ClN2O.C5H5.Fe/c13-9-5-7-11(8-6-9)15-12(16)14-10-3-1-2-4-10;1-2-4-5-3-1;/h1-8H,(H-,14,15,16);1-5H;/q-1;;+2/p-1. The third-order valence-electron chi connectivity index (χ3n) is 2.48. The maximum Gasteiger partial charge on any atom is 2.00 e. The van der Waals surface area contributed by atoms with Crippen molar-refractivity contribution in [3.05, 3.63) is 104 Å². The zero-order valence-corrected chi connectivity index (χ0v) is 13.4. The Morgan fingerprint density at radius 3 is 1.77 bits per heavy atom. The Morgan fingerprint density at radius 2 is 1.27 bits per heavy atom. The summed E-state index contributed by atoms with van der Waals surface area (Å²) in [6.07, 6.45) is 17.1. The normalized spacial score (nSPS) is 17.1. The minimum atomic E-state index is -0.520. The summed E-state index contributed by atoms with van der Waals surface area (Å²) < 4.78 is 0. The zero-order valence-electron chi connectivity index (χ0n) is 11.5. The average molecular weight is 353 g/mol. The van der Waals surface area contributed by atoms with Crippen LogP contribution in [-0.4, -0.2) is 6.03 Å². The Morgan fingerprint density at radius 1 is 0.773 bits per heavy atom. The third kappa shape index (κ3) is 7.53. The summed E-state index contributed by atoms with van der Waals surface area (Å²) in [6.45, 7) is 0. The molecule has 22 heavy (non-hydrogen) atoms. The topological polar surface area (TPSA) is 45.3 Å². The Kier molecular flexibility index (Phi) is 9.61. The molecule has 2 amide bonds. The van der Waals surface area contributed by atoms with Crippen molar-refractivity contribution in [2.75, 3.05) is 0 Å². The van der Waals surface area contributed by atoms with E-state index in [0.29, 0.717) is 16.8 Å². The smallest absolute Gasteiger partial charge is 0.664 e. The molecule has 0 aliphatic heterocycles. The van der Waals surface area contributed by atoms with E-state index in [2.05, 4.69) is 10.6 Å². The van der Waals surface area contributed by atoms with Gasteiger partial charge in [-0.05, 0) is 76.0 Å². The molecule has 2 saturated carbocycles. The maximum atomic E-state index is 11.4. The molecule has 0 saturated heterocycles. The first-order chi connectivity index (χ1) is 10.2. The van der Waals surface area contributed by atoms with Crippen molar-refractivity contribution in [3.8, 4) is 0 Å². The fourth-order valence-corrected chi connectivity index (χ4v) is 1.65. The number of nitrogens with zero attached hydrogens (tertiary/aromatic N) is 2. The number of halogens is 1. The van der Waals surface area contributed by atoms with E-state index in [-0.39, 0.29) is 17.1 Å². The monoisotopic (exact) mass is 352 g/mol. The third-order valence-corrected chi connectivity index (χ3v) is 2.73. The molecule has 112 valence electrons. The molecule has 1 aromatic carbocycles. The molecule has 5 heteroatoms. The van der Waals surface area contributed by atoms with Crippen LogP contribution in [-0.2, 0) is 17.1 Å². The molecular formula is C17H13ClFeN2O. The molecule has 3 rings (SSSR count). The van der Waals surface area contributed by atoms with Crippen LogP contribution in [0.4, 0.5) is 10.5 Å². The van der Waals surface area contributed by atoms with Crippen molar-refractivity contribution in [2.24, 2.45) is 0 Å². The molecule has 2 fully saturated rings. The predicted octanol–water partition coefficient (Wildman–Crippen LogP) is 5.22. The summed E-state index contributed by atoms with van der Waals surface area (Å²) in [4.78, 5) is 11.4. The summed E-state index contributed by atoms with van der Waals surface area (Å²) in [5, 5.41) is 8.22. The molecule has 0 bridgehead atoms.